The van der Waals surface area contributed by atoms with Crippen LogP contribution in [0, 0.1) is 0 Å². The Kier molecular flexibility index (Phi) is 8.20. The fourth-order valence-electron chi connectivity index (χ4n) is 4.60. The van der Waals surface area contributed by atoms with Crippen LogP contribution in [0.25, 0.3) is 11.1 Å². The maximum absolute atomic E-state index is 13.1. The number of carbonyl (C=O) groups excluding carboxylic acids is 3. The van der Waals surface area contributed by atoms with Crippen LogP contribution in [-0.2, 0) is 25.5 Å². The number of esters is 1. The van der Waals surface area contributed by atoms with Gasteiger partial charge in [0.25, 0.3) is 0 Å². The summed E-state index contributed by atoms with van der Waals surface area (Å²) >= 11 is 0. The van der Waals surface area contributed by atoms with Gasteiger partial charge in [0, 0.05) is 12.3 Å². The van der Waals surface area contributed by atoms with Crippen LogP contribution >= 0.6 is 0 Å². The maximum Gasteiger partial charge on any atom is 0.407 e. The molecule has 0 radical (unpaired) electrons. The lowest BCUT2D eigenvalue weighted by atomic mass is 9.98. The maximum atomic E-state index is 13.1. The van der Waals surface area contributed by atoms with Crippen LogP contribution < -0.4 is 10.6 Å². The van der Waals surface area contributed by atoms with Gasteiger partial charge >= 0.3 is 12.1 Å². The molecule has 3 N–H and O–H groups in total. The standard InChI is InChI=1S/C29H30N2O6/c1-18(32)26(28(34)36-2)31-27(33)25(16-19-10-4-3-5-11-19)30-29(35)37-17-24-22-14-8-6-12-20(22)21-13-7-9-15-23(21)24/h3-15,18,24-26,32H,16-17H2,1-2H3,(H,30,35)(H,31,33)/t18-,25+,26+/m1/s1. The normalized spacial score (nSPS) is 14.5. The van der Waals surface area contributed by atoms with Gasteiger partial charge in [0.2, 0.25) is 5.91 Å². The summed E-state index contributed by atoms with van der Waals surface area (Å²) in [6.07, 6.45) is -1.79. The first-order valence-corrected chi connectivity index (χ1v) is 12.1. The number of rotatable bonds is 9. The number of hydrogen-bond acceptors (Lipinski definition) is 6. The van der Waals surface area contributed by atoms with Crippen molar-refractivity contribution >= 4 is 18.0 Å². The van der Waals surface area contributed by atoms with Gasteiger partial charge in [0.05, 0.1) is 13.2 Å². The van der Waals surface area contributed by atoms with E-state index in [1.807, 2.05) is 78.9 Å². The second-order valence-corrected chi connectivity index (χ2v) is 8.96. The average molecular weight is 503 g/mol. The monoisotopic (exact) mass is 502 g/mol. The topological polar surface area (TPSA) is 114 Å². The van der Waals surface area contributed by atoms with Crippen LogP contribution in [0.2, 0.25) is 0 Å². The minimum Gasteiger partial charge on any atom is -0.467 e. The third kappa shape index (κ3) is 5.98. The Bertz CT molecular complexity index is 1210. The van der Waals surface area contributed by atoms with Crippen molar-refractivity contribution in [2.24, 2.45) is 0 Å². The fourth-order valence-corrected chi connectivity index (χ4v) is 4.60. The zero-order valence-corrected chi connectivity index (χ0v) is 20.7. The van der Waals surface area contributed by atoms with E-state index in [2.05, 4.69) is 15.4 Å². The molecule has 8 heteroatoms. The molecule has 1 aliphatic rings. The van der Waals surface area contributed by atoms with Gasteiger partial charge in [-0.15, -0.1) is 0 Å². The summed E-state index contributed by atoms with van der Waals surface area (Å²) in [5.41, 5.74) is 5.18. The van der Waals surface area contributed by atoms with Crippen molar-refractivity contribution in [1.29, 1.82) is 0 Å². The Hall–Kier alpha value is -4.17. The van der Waals surface area contributed by atoms with Crippen molar-refractivity contribution < 1.29 is 29.0 Å². The Balaban J connectivity index is 1.47. The largest absolute Gasteiger partial charge is 0.467 e. The number of aliphatic hydroxyl groups excluding tert-OH is 1. The van der Waals surface area contributed by atoms with E-state index < -0.39 is 36.2 Å². The van der Waals surface area contributed by atoms with Crippen molar-refractivity contribution in [3.05, 3.63) is 95.6 Å². The van der Waals surface area contributed by atoms with E-state index in [4.69, 9.17) is 4.74 Å². The summed E-state index contributed by atoms with van der Waals surface area (Å²) in [6.45, 7) is 1.46. The first kappa shape index (κ1) is 25.9. The highest BCUT2D eigenvalue weighted by molar-refractivity contribution is 5.90. The minimum atomic E-state index is -1.28. The molecular weight excluding hydrogens is 472 g/mol. The molecule has 3 atom stereocenters. The molecule has 8 nitrogen and oxygen atoms in total. The molecule has 3 aromatic carbocycles. The highest BCUT2D eigenvalue weighted by Gasteiger charge is 2.32. The van der Waals surface area contributed by atoms with Gasteiger partial charge in [-0.2, -0.15) is 0 Å². The zero-order valence-electron chi connectivity index (χ0n) is 20.7. The lowest BCUT2D eigenvalue weighted by Gasteiger charge is -2.24. The smallest absolute Gasteiger partial charge is 0.407 e. The number of hydrogen-bond donors (Lipinski definition) is 3. The minimum absolute atomic E-state index is 0.0952. The molecule has 2 amide bonds. The van der Waals surface area contributed by atoms with Gasteiger partial charge in [-0.3, -0.25) is 4.79 Å². The first-order chi connectivity index (χ1) is 17.9. The van der Waals surface area contributed by atoms with Gasteiger partial charge in [0.15, 0.2) is 6.04 Å². The number of aliphatic hydroxyl groups is 1. The molecule has 0 bridgehead atoms. The van der Waals surface area contributed by atoms with Crippen LogP contribution in [0.5, 0.6) is 0 Å². The van der Waals surface area contributed by atoms with Gasteiger partial charge in [-0.05, 0) is 34.7 Å². The Morgan fingerprint density at radius 3 is 2.00 bits per heavy atom. The molecule has 1 aliphatic carbocycles. The highest BCUT2D eigenvalue weighted by Crippen LogP contribution is 2.44. The predicted octanol–water partition coefficient (Wildman–Crippen LogP) is 3.18. The lowest BCUT2D eigenvalue weighted by molar-refractivity contribution is -0.148. The second-order valence-electron chi connectivity index (χ2n) is 8.96. The summed E-state index contributed by atoms with van der Waals surface area (Å²) in [7, 11) is 1.17. The fraction of sp³-hybridized carbons (Fsp3) is 0.276. The number of amides is 2. The van der Waals surface area contributed by atoms with Crippen LogP contribution in [0.1, 0.15) is 29.5 Å². The summed E-state index contributed by atoms with van der Waals surface area (Å²) in [6, 6.07) is 22.8. The van der Waals surface area contributed by atoms with E-state index in [9.17, 15) is 19.5 Å². The van der Waals surface area contributed by atoms with Gasteiger partial charge in [-0.25, -0.2) is 9.59 Å². The Morgan fingerprint density at radius 1 is 0.865 bits per heavy atom. The van der Waals surface area contributed by atoms with Crippen LogP contribution in [0.15, 0.2) is 78.9 Å². The third-order valence-electron chi connectivity index (χ3n) is 6.47. The zero-order chi connectivity index (χ0) is 26.4. The van der Waals surface area contributed by atoms with Gasteiger partial charge in [0.1, 0.15) is 12.6 Å². The van der Waals surface area contributed by atoms with Gasteiger partial charge < -0.3 is 25.2 Å². The van der Waals surface area contributed by atoms with Gasteiger partial charge in [-0.1, -0.05) is 78.9 Å². The molecule has 0 saturated heterocycles. The number of benzene rings is 3. The van der Waals surface area contributed by atoms with E-state index in [-0.39, 0.29) is 18.9 Å². The summed E-state index contributed by atoms with van der Waals surface area (Å²) in [5.74, 6) is -1.56. The summed E-state index contributed by atoms with van der Waals surface area (Å²) in [4.78, 5) is 38.0. The van der Waals surface area contributed by atoms with E-state index >= 15 is 0 Å². The van der Waals surface area contributed by atoms with E-state index in [0.29, 0.717) is 0 Å². The van der Waals surface area contributed by atoms with Crippen molar-refractivity contribution in [3.63, 3.8) is 0 Å². The SMILES string of the molecule is COC(=O)[C@@H](NC(=O)[C@H](Cc1ccccc1)NC(=O)OCC1c2ccccc2-c2ccccc21)[C@@H](C)O. The lowest BCUT2D eigenvalue weighted by Crippen LogP contribution is -2.55. The summed E-state index contributed by atoms with van der Waals surface area (Å²) in [5, 5.41) is 15.1. The molecule has 3 aromatic rings. The van der Waals surface area contributed by atoms with Crippen molar-refractivity contribution in [2.75, 3.05) is 13.7 Å². The van der Waals surface area contributed by atoms with Crippen molar-refractivity contribution in [3.8, 4) is 11.1 Å². The Morgan fingerprint density at radius 2 is 1.43 bits per heavy atom. The van der Waals surface area contributed by atoms with Crippen molar-refractivity contribution in [2.45, 2.75) is 37.5 Å². The second kappa shape index (κ2) is 11.7. The van der Waals surface area contributed by atoms with Crippen LogP contribution in [0.3, 0.4) is 0 Å². The molecule has 0 heterocycles. The summed E-state index contributed by atoms with van der Waals surface area (Å²) < 4.78 is 10.3. The molecule has 37 heavy (non-hydrogen) atoms. The van der Waals surface area contributed by atoms with Crippen molar-refractivity contribution in [1.82, 2.24) is 10.6 Å². The molecule has 0 aromatic heterocycles. The molecule has 0 spiro atoms. The number of fused-ring (bicyclic) bond motifs is 3. The molecule has 0 unspecified atom stereocenters. The quantitative estimate of drug-likeness (QED) is 0.388. The molecular formula is C29H30N2O6. The molecule has 0 saturated carbocycles. The Labute approximate surface area is 215 Å². The molecule has 0 aliphatic heterocycles. The number of methoxy groups -OCH3 is 1. The molecule has 4 rings (SSSR count). The molecule has 192 valence electrons. The van der Waals surface area contributed by atoms with E-state index in [1.54, 1.807) is 0 Å². The molecule has 0 fully saturated rings. The highest BCUT2D eigenvalue weighted by atomic mass is 16.5. The number of carbonyl (C=O) groups is 3. The third-order valence-corrected chi connectivity index (χ3v) is 6.47. The van der Waals surface area contributed by atoms with Crippen LogP contribution in [-0.4, -0.2) is 55.0 Å². The predicted molar refractivity (Wildman–Crippen MR) is 138 cm³/mol. The van der Waals surface area contributed by atoms with E-state index in [1.165, 1.54) is 14.0 Å². The van der Waals surface area contributed by atoms with Crippen LogP contribution in [0.4, 0.5) is 4.79 Å². The number of alkyl carbamates (subject to hydrolysis) is 1. The average Bonchev–Trinajstić information content (AvgIpc) is 3.23. The number of nitrogens with one attached hydrogen (secondary N) is 2. The van der Waals surface area contributed by atoms with E-state index in [0.717, 1.165) is 27.8 Å². The number of ether oxygens (including phenoxy) is 2. The first-order valence-electron chi connectivity index (χ1n) is 12.1.